The molecule has 0 radical (unpaired) electrons. The normalized spacial score (nSPS) is 12.4. The van der Waals surface area contributed by atoms with Gasteiger partial charge in [0, 0.05) is 37.7 Å². The topological polar surface area (TPSA) is 142 Å². The lowest BCUT2D eigenvalue weighted by Crippen LogP contribution is -2.49. The second kappa shape index (κ2) is 14.6. The molecule has 3 rings (SSSR count). The van der Waals surface area contributed by atoms with Crippen LogP contribution in [0.1, 0.15) is 30.8 Å². The average molecular weight is 518 g/mol. The van der Waals surface area contributed by atoms with E-state index in [0.717, 1.165) is 17.0 Å². The van der Waals surface area contributed by atoms with Gasteiger partial charge in [0.1, 0.15) is 6.04 Å². The molecular weight excluding hydrogens is 482 g/mol. The third-order valence-corrected chi connectivity index (χ3v) is 5.71. The highest BCUT2D eigenvalue weighted by Crippen LogP contribution is 2.12. The van der Waals surface area contributed by atoms with Gasteiger partial charge < -0.3 is 21.7 Å². The van der Waals surface area contributed by atoms with Gasteiger partial charge in [0.15, 0.2) is 0 Å². The number of aromatic nitrogens is 2. The van der Waals surface area contributed by atoms with E-state index in [0.29, 0.717) is 31.7 Å². The predicted molar refractivity (Wildman–Crippen MR) is 146 cm³/mol. The highest BCUT2D eigenvalue weighted by Gasteiger charge is 2.17. The molecule has 2 aromatic heterocycles. The summed E-state index contributed by atoms with van der Waals surface area (Å²) in [6.45, 7) is 4.80. The molecule has 0 aliphatic heterocycles. The van der Waals surface area contributed by atoms with Crippen molar-refractivity contribution in [3.05, 3.63) is 90.0 Å². The average Bonchev–Trinajstić information content (AvgIpc) is 2.90. The standard InChI is InChI=1S/C28H35N7O3/c1-20(29)27(37)33-21(2)28(38)32-16-13-22-9-11-23(12-10-22)34-26(36)19-35(17-24-7-3-5-14-30-24)18-25-8-4-6-15-31-25/h3-12,14-15,20-21H,13,16-19,29H2,1-2H3,(H,32,38)(H,33,37)(H,34,36)/t20-,21-/m1/s1. The Bertz CT molecular complexity index is 1130. The molecule has 0 saturated carbocycles. The van der Waals surface area contributed by atoms with Gasteiger partial charge in [0.25, 0.3) is 0 Å². The van der Waals surface area contributed by atoms with Gasteiger partial charge in [-0.2, -0.15) is 0 Å². The van der Waals surface area contributed by atoms with Crippen LogP contribution in [-0.4, -0.2) is 57.8 Å². The van der Waals surface area contributed by atoms with Crippen molar-refractivity contribution in [3.63, 3.8) is 0 Å². The molecule has 10 nitrogen and oxygen atoms in total. The fraction of sp³-hybridized carbons (Fsp3) is 0.321. The van der Waals surface area contributed by atoms with Gasteiger partial charge in [0.2, 0.25) is 17.7 Å². The number of amides is 3. The van der Waals surface area contributed by atoms with Crippen LogP contribution in [0.2, 0.25) is 0 Å². The molecule has 2 atom stereocenters. The predicted octanol–water partition coefficient (Wildman–Crippen LogP) is 1.63. The first kappa shape index (κ1) is 28.4. The number of carbonyl (C=O) groups excluding carboxylic acids is 3. The van der Waals surface area contributed by atoms with Crippen molar-refractivity contribution in [3.8, 4) is 0 Å². The van der Waals surface area contributed by atoms with Crippen molar-refractivity contribution >= 4 is 23.4 Å². The van der Waals surface area contributed by atoms with E-state index in [-0.39, 0.29) is 24.3 Å². The second-order valence-electron chi connectivity index (χ2n) is 9.09. The van der Waals surface area contributed by atoms with Crippen LogP contribution in [0.3, 0.4) is 0 Å². The fourth-order valence-corrected chi connectivity index (χ4v) is 3.66. The van der Waals surface area contributed by atoms with E-state index in [2.05, 4.69) is 25.9 Å². The Hall–Kier alpha value is -4.15. The molecular formula is C28H35N7O3. The summed E-state index contributed by atoms with van der Waals surface area (Å²) in [6, 6.07) is 17.6. The van der Waals surface area contributed by atoms with Gasteiger partial charge in [0.05, 0.1) is 24.0 Å². The van der Waals surface area contributed by atoms with Crippen LogP contribution >= 0.6 is 0 Å². The molecule has 3 amide bonds. The maximum Gasteiger partial charge on any atom is 0.242 e. The molecule has 0 saturated heterocycles. The maximum absolute atomic E-state index is 12.8. The SMILES string of the molecule is C[C@@H](N)C(=O)N[C@H](C)C(=O)NCCc1ccc(NC(=O)CN(Cc2ccccn2)Cc2ccccn2)cc1. The number of benzene rings is 1. The zero-order valence-corrected chi connectivity index (χ0v) is 21.8. The number of hydrogen-bond donors (Lipinski definition) is 4. The summed E-state index contributed by atoms with van der Waals surface area (Å²) in [5.41, 5.74) is 8.95. The number of nitrogens with zero attached hydrogens (tertiary/aromatic N) is 3. The van der Waals surface area contributed by atoms with Gasteiger partial charge in [-0.15, -0.1) is 0 Å². The molecule has 0 fully saturated rings. The number of nitrogens with one attached hydrogen (secondary N) is 3. The zero-order chi connectivity index (χ0) is 27.3. The number of anilines is 1. The van der Waals surface area contributed by atoms with Crippen LogP contribution in [0.4, 0.5) is 5.69 Å². The first-order chi connectivity index (χ1) is 18.3. The molecule has 200 valence electrons. The summed E-state index contributed by atoms with van der Waals surface area (Å²) in [6.07, 6.45) is 4.08. The smallest absolute Gasteiger partial charge is 0.242 e. The van der Waals surface area contributed by atoms with Gasteiger partial charge >= 0.3 is 0 Å². The van der Waals surface area contributed by atoms with Crippen LogP contribution < -0.4 is 21.7 Å². The minimum absolute atomic E-state index is 0.139. The van der Waals surface area contributed by atoms with Crippen molar-refractivity contribution in [1.29, 1.82) is 0 Å². The van der Waals surface area contributed by atoms with Crippen molar-refractivity contribution < 1.29 is 14.4 Å². The Labute approximate surface area is 223 Å². The molecule has 10 heteroatoms. The van der Waals surface area contributed by atoms with E-state index in [4.69, 9.17) is 5.73 Å². The van der Waals surface area contributed by atoms with Crippen LogP contribution in [-0.2, 0) is 33.9 Å². The number of hydrogen-bond acceptors (Lipinski definition) is 7. The monoisotopic (exact) mass is 517 g/mol. The van der Waals surface area contributed by atoms with E-state index in [1.54, 1.807) is 26.2 Å². The number of pyridine rings is 2. The minimum Gasteiger partial charge on any atom is -0.354 e. The summed E-state index contributed by atoms with van der Waals surface area (Å²) < 4.78 is 0. The molecule has 0 bridgehead atoms. The lowest BCUT2D eigenvalue weighted by molar-refractivity contribution is -0.129. The quantitative estimate of drug-likeness (QED) is 0.270. The molecule has 0 aliphatic carbocycles. The Morgan fingerprint density at radius 2 is 1.47 bits per heavy atom. The molecule has 2 heterocycles. The summed E-state index contributed by atoms with van der Waals surface area (Å²) in [4.78, 5) is 47.4. The Morgan fingerprint density at radius 3 is 2.00 bits per heavy atom. The maximum atomic E-state index is 12.8. The largest absolute Gasteiger partial charge is 0.354 e. The third kappa shape index (κ3) is 9.72. The Morgan fingerprint density at radius 1 is 0.868 bits per heavy atom. The van der Waals surface area contributed by atoms with Crippen molar-refractivity contribution in [2.45, 2.75) is 45.4 Å². The van der Waals surface area contributed by atoms with Gasteiger partial charge in [-0.05, 0) is 62.2 Å². The van der Waals surface area contributed by atoms with E-state index in [9.17, 15) is 14.4 Å². The van der Waals surface area contributed by atoms with Crippen molar-refractivity contribution in [2.75, 3.05) is 18.4 Å². The van der Waals surface area contributed by atoms with Gasteiger partial charge in [-0.1, -0.05) is 24.3 Å². The third-order valence-electron chi connectivity index (χ3n) is 5.71. The lowest BCUT2D eigenvalue weighted by atomic mass is 10.1. The number of rotatable bonds is 13. The van der Waals surface area contributed by atoms with E-state index < -0.39 is 12.1 Å². The van der Waals surface area contributed by atoms with Crippen LogP contribution in [0.5, 0.6) is 0 Å². The first-order valence-corrected chi connectivity index (χ1v) is 12.5. The Balaban J connectivity index is 1.48. The van der Waals surface area contributed by atoms with Gasteiger partial charge in [-0.3, -0.25) is 29.3 Å². The zero-order valence-electron chi connectivity index (χ0n) is 21.8. The second-order valence-corrected chi connectivity index (χ2v) is 9.09. The van der Waals surface area contributed by atoms with Crippen molar-refractivity contribution in [2.24, 2.45) is 5.73 Å². The van der Waals surface area contributed by atoms with Crippen LogP contribution in [0, 0.1) is 0 Å². The summed E-state index contributed by atoms with van der Waals surface area (Å²) in [5, 5.41) is 8.32. The molecule has 38 heavy (non-hydrogen) atoms. The molecule has 5 N–H and O–H groups in total. The van der Waals surface area contributed by atoms with Crippen LogP contribution in [0.15, 0.2) is 73.1 Å². The number of carbonyl (C=O) groups is 3. The summed E-state index contributed by atoms with van der Waals surface area (Å²) >= 11 is 0. The number of nitrogens with two attached hydrogens (primary N) is 1. The molecule has 0 unspecified atom stereocenters. The van der Waals surface area contributed by atoms with E-state index >= 15 is 0 Å². The lowest BCUT2D eigenvalue weighted by Gasteiger charge is -2.21. The van der Waals surface area contributed by atoms with Crippen molar-refractivity contribution in [1.82, 2.24) is 25.5 Å². The van der Waals surface area contributed by atoms with E-state index in [1.807, 2.05) is 65.6 Å². The Kier molecular flexibility index (Phi) is 10.9. The first-order valence-electron chi connectivity index (χ1n) is 12.5. The minimum atomic E-state index is -0.672. The molecule has 1 aromatic carbocycles. The highest BCUT2D eigenvalue weighted by atomic mass is 16.2. The summed E-state index contributed by atoms with van der Waals surface area (Å²) in [7, 11) is 0. The fourth-order valence-electron chi connectivity index (χ4n) is 3.66. The molecule has 0 aliphatic rings. The highest BCUT2D eigenvalue weighted by molar-refractivity contribution is 5.92. The van der Waals surface area contributed by atoms with E-state index in [1.165, 1.54) is 0 Å². The molecule has 0 spiro atoms. The molecule has 3 aromatic rings. The van der Waals surface area contributed by atoms with Gasteiger partial charge in [-0.25, -0.2) is 0 Å². The summed E-state index contributed by atoms with van der Waals surface area (Å²) in [5.74, 6) is -0.787. The van der Waals surface area contributed by atoms with Crippen LogP contribution in [0.25, 0.3) is 0 Å².